The average Bonchev–Trinajstić information content (AvgIpc) is 2.75. The van der Waals surface area contributed by atoms with E-state index in [1.54, 1.807) is 0 Å². The summed E-state index contributed by atoms with van der Waals surface area (Å²) in [4.78, 5) is 0. The quantitative estimate of drug-likeness (QED) is 0.363. The van der Waals surface area contributed by atoms with Crippen LogP contribution in [-0.2, 0) is 25.7 Å². The number of alkyl halides is 1. The molecule has 0 radical (unpaired) electrons. The molecule has 160 valence electrons. The number of hydrogen-bond donors (Lipinski definition) is 0. The van der Waals surface area contributed by atoms with Crippen molar-refractivity contribution in [2.45, 2.75) is 73.1 Å². The number of rotatable bonds is 11. The van der Waals surface area contributed by atoms with Crippen LogP contribution in [0.1, 0.15) is 80.8 Å². The molecule has 0 atom stereocenters. The van der Waals surface area contributed by atoms with Gasteiger partial charge in [0.25, 0.3) is 0 Å². The van der Waals surface area contributed by atoms with Crippen molar-refractivity contribution >= 4 is 11.6 Å². The monoisotopic (exact) mass is 416 g/mol. The van der Waals surface area contributed by atoms with Crippen molar-refractivity contribution in [2.75, 3.05) is 19.1 Å². The third-order valence-corrected chi connectivity index (χ3v) is 6.08. The van der Waals surface area contributed by atoms with Crippen LogP contribution in [0.15, 0.2) is 24.3 Å². The fourth-order valence-electron chi connectivity index (χ4n) is 4.56. The zero-order chi connectivity index (χ0) is 21.4. The number of halogens is 1. The van der Waals surface area contributed by atoms with Gasteiger partial charge in [-0.1, -0.05) is 39.8 Å². The van der Waals surface area contributed by atoms with Gasteiger partial charge in [-0.15, -0.1) is 11.6 Å². The summed E-state index contributed by atoms with van der Waals surface area (Å²) < 4.78 is 11.8. The van der Waals surface area contributed by atoms with E-state index in [1.807, 2.05) is 13.8 Å². The maximum absolute atomic E-state index is 6.62. The SMILES string of the molecule is CCOc1ccc(C(CCl)c2ccc(OCC)c(CC)c2CC)c(CC)c1CC. The standard InChI is InChI=1S/C26H37ClO2/c1-7-18-20(9-3)25(28-11-5)15-13-22(18)24(17-27)23-14-16-26(29-12-6)21(10-4)19(23)8-2/h13-16,24H,7-12,17H2,1-6H3. The van der Waals surface area contributed by atoms with E-state index in [0.717, 1.165) is 37.2 Å². The van der Waals surface area contributed by atoms with Gasteiger partial charge in [0.2, 0.25) is 0 Å². The molecule has 3 heteroatoms. The highest BCUT2D eigenvalue weighted by Gasteiger charge is 2.24. The predicted molar refractivity (Wildman–Crippen MR) is 125 cm³/mol. The number of ether oxygens (including phenoxy) is 2. The summed E-state index contributed by atoms with van der Waals surface area (Å²) in [6.45, 7) is 14.3. The zero-order valence-corrected chi connectivity index (χ0v) is 19.8. The van der Waals surface area contributed by atoms with Gasteiger partial charge in [0.15, 0.2) is 0 Å². The molecule has 0 saturated carbocycles. The minimum absolute atomic E-state index is 0.170. The summed E-state index contributed by atoms with van der Waals surface area (Å²) in [6, 6.07) is 8.74. The molecule has 0 aliphatic rings. The Hall–Kier alpha value is -1.67. The van der Waals surface area contributed by atoms with E-state index in [2.05, 4.69) is 52.0 Å². The van der Waals surface area contributed by atoms with Gasteiger partial charge in [-0.05, 0) is 85.0 Å². The smallest absolute Gasteiger partial charge is 0.122 e. The highest BCUT2D eigenvalue weighted by atomic mass is 35.5. The van der Waals surface area contributed by atoms with Crippen molar-refractivity contribution < 1.29 is 9.47 Å². The first-order valence-electron chi connectivity index (χ1n) is 11.2. The van der Waals surface area contributed by atoms with E-state index in [9.17, 15) is 0 Å². The molecule has 0 aliphatic heterocycles. The summed E-state index contributed by atoms with van der Waals surface area (Å²) in [5.41, 5.74) is 8.09. The topological polar surface area (TPSA) is 18.5 Å². The fourth-order valence-corrected chi connectivity index (χ4v) is 4.89. The summed E-state index contributed by atoms with van der Waals surface area (Å²) in [6.07, 6.45) is 3.88. The second-order valence-corrected chi connectivity index (χ2v) is 7.52. The predicted octanol–water partition coefficient (Wildman–Crippen LogP) is 7.10. The summed E-state index contributed by atoms with van der Waals surface area (Å²) in [5, 5.41) is 0. The lowest BCUT2D eigenvalue weighted by atomic mass is 9.81. The zero-order valence-electron chi connectivity index (χ0n) is 19.0. The Labute approximate surface area is 182 Å². The lowest BCUT2D eigenvalue weighted by molar-refractivity contribution is 0.336. The summed E-state index contributed by atoms with van der Waals surface area (Å²) in [7, 11) is 0. The largest absolute Gasteiger partial charge is 0.494 e. The van der Waals surface area contributed by atoms with Crippen molar-refractivity contribution in [3.05, 3.63) is 57.6 Å². The molecule has 0 heterocycles. The molecule has 0 amide bonds. The molecular weight excluding hydrogens is 380 g/mol. The number of benzene rings is 2. The molecule has 0 bridgehead atoms. The van der Waals surface area contributed by atoms with Crippen LogP contribution in [0.4, 0.5) is 0 Å². The Morgan fingerprint density at radius 1 is 0.621 bits per heavy atom. The molecule has 0 N–H and O–H groups in total. The molecule has 0 aromatic heterocycles. The van der Waals surface area contributed by atoms with Crippen molar-refractivity contribution in [1.82, 2.24) is 0 Å². The van der Waals surface area contributed by atoms with E-state index in [4.69, 9.17) is 21.1 Å². The minimum Gasteiger partial charge on any atom is -0.494 e. The molecular formula is C26H37ClO2. The molecule has 2 aromatic rings. The van der Waals surface area contributed by atoms with Gasteiger partial charge in [-0.3, -0.25) is 0 Å². The van der Waals surface area contributed by atoms with Crippen LogP contribution in [0.2, 0.25) is 0 Å². The first kappa shape index (κ1) is 23.6. The number of hydrogen-bond acceptors (Lipinski definition) is 2. The van der Waals surface area contributed by atoms with Crippen molar-refractivity contribution in [2.24, 2.45) is 0 Å². The highest BCUT2D eigenvalue weighted by molar-refractivity contribution is 6.18. The van der Waals surface area contributed by atoms with Crippen molar-refractivity contribution in [1.29, 1.82) is 0 Å². The molecule has 2 nitrogen and oxygen atoms in total. The molecule has 0 unspecified atom stereocenters. The Morgan fingerprint density at radius 3 is 1.28 bits per heavy atom. The Kier molecular flexibility index (Phi) is 9.36. The normalized spacial score (nSPS) is 11.2. The highest BCUT2D eigenvalue weighted by Crippen LogP contribution is 2.39. The average molecular weight is 417 g/mol. The van der Waals surface area contributed by atoms with Crippen LogP contribution in [0.25, 0.3) is 0 Å². The second kappa shape index (κ2) is 11.5. The lowest BCUT2D eigenvalue weighted by Gasteiger charge is -2.26. The molecule has 2 rings (SSSR count). The van der Waals surface area contributed by atoms with E-state index in [0.29, 0.717) is 19.1 Å². The first-order valence-corrected chi connectivity index (χ1v) is 11.8. The van der Waals surface area contributed by atoms with Crippen LogP contribution in [-0.4, -0.2) is 19.1 Å². The van der Waals surface area contributed by atoms with Gasteiger partial charge in [0, 0.05) is 11.8 Å². The van der Waals surface area contributed by atoms with E-state index in [-0.39, 0.29) is 5.92 Å². The Balaban J connectivity index is 2.68. The molecule has 0 fully saturated rings. The van der Waals surface area contributed by atoms with Crippen LogP contribution < -0.4 is 9.47 Å². The maximum atomic E-state index is 6.62. The van der Waals surface area contributed by atoms with Crippen molar-refractivity contribution in [3.8, 4) is 11.5 Å². The molecule has 0 spiro atoms. The third kappa shape index (κ3) is 4.91. The van der Waals surface area contributed by atoms with Gasteiger partial charge in [0.1, 0.15) is 11.5 Å². The lowest BCUT2D eigenvalue weighted by Crippen LogP contribution is -2.13. The van der Waals surface area contributed by atoms with Gasteiger partial charge >= 0.3 is 0 Å². The van der Waals surface area contributed by atoms with Crippen LogP contribution in [0.5, 0.6) is 11.5 Å². The summed E-state index contributed by atoms with van der Waals surface area (Å²) in [5.74, 6) is 2.76. The summed E-state index contributed by atoms with van der Waals surface area (Å²) >= 11 is 6.62. The molecule has 0 saturated heterocycles. The van der Waals surface area contributed by atoms with Crippen LogP contribution in [0, 0.1) is 0 Å². The Bertz CT molecular complexity index is 732. The first-order chi connectivity index (χ1) is 14.1. The Morgan fingerprint density at radius 2 is 1.00 bits per heavy atom. The minimum atomic E-state index is 0.170. The van der Waals surface area contributed by atoms with E-state index in [1.165, 1.54) is 33.4 Å². The van der Waals surface area contributed by atoms with Crippen LogP contribution in [0.3, 0.4) is 0 Å². The van der Waals surface area contributed by atoms with Gasteiger partial charge in [0.05, 0.1) is 13.2 Å². The van der Waals surface area contributed by atoms with E-state index >= 15 is 0 Å². The third-order valence-electron chi connectivity index (χ3n) is 5.77. The molecule has 0 aliphatic carbocycles. The molecule has 29 heavy (non-hydrogen) atoms. The molecule has 2 aromatic carbocycles. The fraction of sp³-hybridized carbons (Fsp3) is 0.538. The second-order valence-electron chi connectivity index (χ2n) is 7.21. The van der Waals surface area contributed by atoms with Gasteiger partial charge in [-0.25, -0.2) is 0 Å². The van der Waals surface area contributed by atoms with Crippen molar-refractivity contribution in [3.63, 3.8) is 0 Å². The van der Waals surface area contributed by atoms with Crippen LogP contribution >= 0.6 is 11.6 Å². The van der Waals surface area contributed by atoms with E-state index < -0.39 is 0 Å². The van der Waals surface area contributed by atoms with Gasteiger partial charge in [-0.2, -0.15) is 0 Å². The van der Waals surface area contributed by atoms with Gasteiger partial charge < -0.3 is 9.47 Å². The maximum Gasteiger partial charge on any atom is 0.122 e.